The van der Waals surface area contributed by atoms with Crippen molar-refractivity contribution in [2.24, 2.45) is 0 Å². The fourth-order valence-corrected chi connectivity index (χ4v) is 1.40. The highest BCUT2D eigenvalue weighted by Crippen LogP contribution is 2.35. The van der Waals surface area contributed by atoms with Crippen molar-refractivity contribution in [1.82, 2.24) is 0 Å². The molecule has 0 atom stereocenters. The van der Waals surface area contributed by atoms with Gasteiger partial charge in [0.15, 0.2) is 11.5 Å². The van der Waals surface area contributed by atoms with Gasteiger partial charge in [-0.1, -0.05) is 0 Å². The number of rotatable bonds is 3. The molecule has 0 heterocycles. The first kappa shape index (κ1) is 10.8. The number of carbonyl (C=O) groups is 1. The van der Waals surface area contributed by atoms with Crippen molar-refractivity contribution in [1.29, 1.82) is 0 Å². The lowest BCUT2D eigenvalue weighted by Crippen LogP contribution is -1.99. The topological polar surface area (TPSA) is 66.8 Å². The lowest BCUT2D eigenvalue weighted by atomic mass is 10.2. The second-order valence-corrected chi connectivity index (χ2v) is 3.40. The number of hydrogen-bond acceptors (Lipinski definition) is 3. The van der Waals surface area contributed by atoms with Gasteiger partial charge in [0.05, 0.1) is 16.6 Å². The highest BCUT2D eigenvalue weighted by atomic mass is 79.9. The molecule has 2 N–H and O–H groups in total. The number of carboxylic acid groups (broad SMARTS) is 1. The normalized spacial score (nSPS) is 9.86. The Morgan fingerprint density at radius 3 is 2.71 bits per heavy atom. The zero-order chi connectivity index (χ0) is 10.7. The number of aromatic hydroxyl groups is 1. The van der Waals surface area contributed by atoms with E-state index in [0.29, 0.717) is 11.1 Å². The Morgan fingerprint density at radius 1 is 1.57 bits per heavy atom. The molecule has 0 saturated carbocycles. The molecule has 0 bridgehead atoms. The van der Waals surface area contributed by atoms with E-state index in [0.717, 1.165) is 0 Å². The number of carboxylic acids is 1. The third kappa shape index (κ3) is 2.17. The van der Waals surface area contributed by atoms with Crippen LogP contribution in [0.2, 0.25) is 0 Å². The number of hydrogen-bond donors (Lipinski definition) is 2. The molecule has 76 valence electrons. The average Bonchev–Trinajstić information content (AvgIpc) is 2.12. The molecule has 0 spiro atoms. The predicted octanol–water partition coefficient (Wildman–Crippen LogP) is 2.25. The quantitative estimate of drug-likeness (QED) is 0.875. The summed E-state index contributed by atoms with van der Waals surface area (Å²) in [5, 5.41) is 18.2. The zero-order valence-corrected chi connectivity index (χ0v) is 9.04. The molecule has 4 nitrogen and oxygen atoms in total. The summed E-state index contributed by atoms with van der Waals surface area (Å²) in [5.41, 5.74) is 0.0677. The molecule has 1 rings (SSSR count). The van der Waals surface area contributed by atoms with Gasteiger partial charge in [-0.25, -0.2) is 4.79 Å². The van der Waals surface area contributed by atoms with E-state index in [1.165, 1.54) is 12.1 Å². The van der Waals surface area contributed by atoms with E-state index in [2.05, 4.69) is 15.9 Å². The Morgan fingerprint density at radius 2 is 2.21 bits per heavy atom. The Bertz CT molecular complexity index is 362. The van der Waals surface area contributed by atoms with Crippen molar-refractivity contribution >= 4 is 21.9 Å². The first-order valence-corrected chi connectivity index (χ1v) is 4.74. The Hall–Kier alpha value is -1.23. The van der Waals surface area contributed by atoms with E-state index < -0.39 is 5.97 Å². The van der Waals surface area contributed by atoms with Crippen molar-refractivity contribution in [3.05, 3.63) is 22.2 Å². The smallest absolute Gasteiger partial charge is 0.335 e. The van der Waals surface area contributed by atoms with Crippen molar-refractivity contribution in [2.75, 3.05) is 6.61 Å². The SMILES string of the molecule is CCOc1cc(C(=O)O)cc(Br)c1O. The highest BCUT2D eigenvalue weighted by Gasteiger charge is 2.12. The van der Waals surface area contributed by atoms with Gasteiger partial charge < -0.3 is 14.9 Å². The maximum Gasteiger partial charge on any atom is 0.335 e. The van der Waals surface area contributed by atoms with E-state index in [9.17, 15) is 9.90 Å². The summed E-state index contributed by atoms with van der Waals surface area (Å²) in [6, 6.07) is 2.60. The van der Waals surface area contributed by atoms with Crippen LogP contribution >= 0.6 is 15.9 Å². The summed E-state index contributed by atoms with van der Waals surface area (Å²) in [6.07, 6.45) is 0. The van der Waals surface area contributed by atoms with Gasteiger partial charge in [-0.3, -0.25) is 0 Å². The molecule has 14 heavy (non-hydrogen) atoms. The van der Waals surface area contributed by atoms with Crippen LogP contribution in [0.5, 0.6) is 11.5 Å². The molecule has 0 aromatic heterocycles. The molecule has 5 heteroatoms. The minimum atomic E-state index is -1.06. The Labute approximate surface area is 89.3 Å². The molecule has 0 unspecified atom stereocenters. The first-order chi connectivity index (χ1) is 6.56. The second kappa shape index (κ2) is 4.32. The van der Waals surface area contributed by atoms with Gasteiger partial charge >= 0.3 is 5.97 Å². The van der Waals surface area contributed by atoms with E-state index in [1.807, 2.05) is 0 Å². The zero-order valence-electron chi connectivity index (χ0n) is 7.45. The monoisotopic (exact) mass is 260 g/mol. The summed E-state index contributed by atoms with van der Waals surface area (Å²) in [6.45, 7) is 2.11. The minimum absolute atomic E-state index is 0.0677. The number of ether oxygens (including phenoxy) is 1. The van der Waals surface area contributed by atoms with E-state index >= 15 is 0 Å². The van der Waals surface area contributed by atoms with E-state index in [1.54, 1.807) is 6.92 Å². The Kier molecular flexibility index (Phi) is 3.35. The summed E-state index contributed by atoms with van der Waals surface area (Å²) >= 11 is 3.04. The van der Waals surface area contributed by atoms with Crippen molar-refractivity contribution < 1.29 is 19.7 Å². The third-order valence-corrected chi connectivity index (χ3v) is 2.18. The van der Waals surface area contributed by atoms with Crippen molar-refractivity contribution in [3.63, 3.8) is 0 Å². The standard InChI is InChI=1S/C9H9BrO4/c1-2-14-7-4-5(9(12)13)3-6(10)8(7)11/h3-4,11H,2H2,1H3,(H,12,13). The van der Waals surface area contributed by atoms with Crippen molar-refractivity contribution in [2.45, 2.75) is 6.92 Å². The second-order valence-electron chi connectivity index (χ2n) is 2.54. The number of phenols is 1. The first-order valence-electron chi connectivity index (χ1n) is 3.94. The van der Waals surface area contributed by atoms with Gasteiger partial charge in [-0.15, -0.1) is 0 Å². The number of benzene rings is 1. The van der Waals surface area contributed by atoms with Crippen LogP contribution in [0.1, 0.15) is 17.3 Å². The van der Waals surface area contributed by atoms with Gasteiger partial charge in [0.2, 0.25) is 0 Å². The lowest BCUT2D eigenvalue weighted by molar-refractivity contribution is 0.0696. The maximum absolute atomic E-state index is 10.7. The largest absolute Gasteiger partial charge is 0.503 e. The molecule has 0 aliphatic rings. The van der Waals surface area contributed by atoms with Gasteiger partial charge in [0, 0.05) is 0 Å². The molecule has 0 aliphatic carbocycles. The number of aromatic carboxylic acids is 1. The summed E-state index contributed by atoms with van der Waals surface area (Å²) in [7, 11) is 0. The van der Waals surface area contributed by atoms with Crippen LogP contribution in [0.25, 0.3) is 0 Å². The highest BCUT2D eigenvalue weighted by molar-refractivity contribution is 9.10. The molecular weight excluding hydrogens is 252 g/mol. The van der Waals surface area contributed by atoms with Crippen LogP contribution in [0.4, 0.5) is 0 Å². The molecule has 0 radical (unpaired) electrons. The van der Waals surface area contributed by atoms with Crippen LogP contribution in [0, 0.1) is 0 Å². The van der Waals surface area contributed by atoms with Crippen molar-refractivity contribution in [3.8, 4) is 11.5 Å². The fourth-order valence-electron chi connectivity index (χ4n) is 0.963. The molecule has 0 saturated heterocycles. The number of phenolic OH excluding ortho intramolecular Hbond substituents is 1. The minimum Gasteiger partial charge on any atom is -0.503 e. The van der Waals surface area contributed by atoms with Crippen LogP contribution < -0.4 is 4.74 Å². The average molecular weight is 261 g/mol. The van der Waals surface area contributed by atoms with Gasteiger partial charge in [-0.05, 0) is 35.0 Å². The molecule has 1 aromatic carbocycles. The molecule has 0 fully saturated rings. The third-order valence-electron chi connectivity index (χ3n) is 1.58. The van der Waals surface area contributed by atoms with Gasteiger partial charge in [0.25, 0.3) is 0 Å². The van der Waals surface area contributed by atoms with Crippen LogP contribution in [0.15, 0.2) is 16.6 Å². The lowest BCUT2D eigenvalue weighted by Gasteiger charge is -2.08. The van der Waals surface area contributed by atoms with E-state index in [4.69, 9.17) is 9.84 Å². The fraction of sp³-hybridized carbons (Fsp3) is 0.222. The molecule has 0 amide bonds. The maximum atomic E-state index is 10.7. The number of halogens is 1. The molecular formula is C9H9BrO4. The molecule has 0 aliphatic heterocycles. The van der Waals surface area contributed by atoms with Crippen LogP contribution in [-0.2, 0) is 0 Å². The summed E-state index contributed by atoms with van der Waals surface area (Å²) < 4.78 is 5.37. The summed E-state index contributed by atoms with van der Waals surface area (Å²) in [5.74, 6) is -0.984. The van der Waals surface area contributed by atoms with E-state index in [-0.39, 0.29) is 17.1 Å². The summed E-state index contributed by atoms with van der Waals surface area (Å²) in [4.78, 5) is 10.7. The molecule has 1 aromatic rings. The predicted molar refractivity (Wildman–Crippen MR) is 53.9 cm³/mol. The van der Waals surface area contributed by atoms with Crippen LogP contribution in [0.3, 0.4) is 0 Å². The van der Waals surface area contributed by atoms with Gasteiger partial charge in [-0.2, -0.15) is 0 Å². The Balaban J connectivity index is 3.20. The van der Waals surface area contributed by atoms with Gasteiger partial charge in [0.1, 0.15) is 0 Å². The van der Waals surface area contributed by atoms with Crippen LogP contribution in [-0.4, -0.2) is 22.8 Å².